The van der Waals surface area contributed by atoms with E-state index in [-0.39, 0.29) is 42.4 Å². The molecule has 3 aliphatic rings. The first-order valence-electron chi connectivity index (χ1n) is 8.72. The maximum atomic E-state index is 12.5. The van der Waals surface area contributed by atoms with Crippen LogP contribution in [0.1, 0.15) is 59.8 Å². The van der Waals surface area contributed by atoms with Crippen molar-refractivity contribution in [3.8, 4) is 0 Å². The van der Waals surface area contributed by atoms with Gasteiger partial charge in [0.05, 0.1) is 0 Å². The molecule has 1 atom stereocenters. The van der Waals surface area contributed by atoms with Crippen LogP contribution < -0.4 is 0 Å². The predicted molar refractivity (Wildman–Crippen MR) is 89.3 cm³/mol. The summed E-state index contributed by atoms with van der Waals surface area (Å²) in [5.41, 5.74) is 3.53. The van der Waals surface area contributed by atoms with Gasteiger partial charge in [-0.2, -0.15) is 0 Å². The van der Waals surface area contributed by atoms with Gasteiger partial charge in [0.15, 0.2) is 23.1 Å². The summed E-state index contributed by atoms with van der Waals surface area (Å²) in [6, 6.07) is 0. The van der Waals surface area contributed by atoms with Crippen LogP contribution in [0, 0.1) is 17.3 Å². The molecule has 128 valence electrons. The number of hydrogen-bond acceptors (Lipinski definition) is 4. The second kappa shape index (κ2) is 5.61. The number of allylic oxidation sites excluding steroid dienone is 4. The van der Waals surface area contributed by atoms with Gasteiger partial charge >= 0.3 is 0 Å². The van der Waals surface area contributed by atoms with Crippen molar-refractivity contribution in [3.63, 3.8) is 0 Å². The zero-order chi connectivity index (χ0) is 17.8. The molecule has 0 N–H and O–H groups in total. The SMILES string of the molecule is CCC(=O)C1C(=O)CC2(CC1=O)CC1CC(C)=C(C(C)=O)C(C)=C12. The van der Waals surface area contributed by atoms with Gasteiger partial charge in [0.25, 0.3) is 0 Å². The zero-order valence-corrected chi connectivity index (χ0v) is 14.8. The Morgan fingerprint density at radius 1 is 1.12 bits per heavy atom. The summed E-state index contributed by atoms with van der Waals surface area (Å²) in [5.74, 6) is -1.38. The Hall–Kier alpha value is -1.84. The molecule has 3 aliphatic carbocycles. The lowest BCUT2D eigenvalue weighted by molar-refractivity contribution is -0.147. The smallest absolute Gasteiger partial charge is 0.160 e. The van der Waals surface area contributed by atoms with Crippen molar-refractivity contribution in [1.82, 2.24) is 0 Å². The lowest BCUT2D eigenvalue weighted by Gasteiger charge is -2.55. The summed E-state index contributed by atoms with van der Waals surface area (Å²) in [4.78, 5) is 49.0. The van der Waals surface area contributed by atoms with Crippen molar-refractivity contribution in [2.75, 3.05) is 0 Å². The van der Waals surface area contributed by atoms with Gasteiger partial charge in [-0.1, -0.05) is 18.1 Å². The molecule has 0 aromatic heterocycles. The van der Waals surface area contributed by atoms with E-state index in [4.69, 9.17) is 0 Å². The average molecular weight is 328 g/mol. The molecule has 4 heteroatoms. The average Bonchev–Trinajstić information content (AvgIpc) is 2.44. The highest BCUT2D eigenvalue weighted by Crippen LogP contribution is 2.63. The molecule has 1 spiro atoms. The second-order valence-electron chi connectivity index (χ2n) is 7.67. The van der Waals surface area contributed by atoms with Gasteiger partial charge in [-0.15, -0.1) is 0 Å². The molecule has 1 unspecified atom stereocenters. The summed E-state index contributed by atoms with van der Waals surface area (Å²) < 4.78 is 0. The van der Waals surface area contributed by atoms with Crippen LogP contribution >= 0.6 is 0 Å². The standard InChI is InChI=1S/C20H24O4/c1-5-14(22)18-15(23)8-20(9-16(18)24)7-13-6-10(2)17(12(4)21)11(3)19(13)20/h13,18H,5-9H2,1-4H3. The summed E-state index contributed by atoms with van der Waals surface area (Å²) in [6.45, 7) is 7.20. The second-order valence-corrected chi connectivity index (χ2v) is 7.67. The molecule has 0 aliphatic heterocycles. The van der Waals surface area contributed by atoms with E-state index in [1.54, 1.807) is 13.8 Å². The molecule has 3 rings (SSSR count). The van der Waals surface area contributed by atoms with Crippen molar-refractivity contribution in [1.29, 1.82) is 0 Å². The number of hydrogen-bond donors (Lipinski definition) is 0. The van der Waals surface area contributed by atoms with Crippen molar-refractivity contribution >= 4 is 23.1 Å². The first kappa shape index (κ1) is 17.0. The maximum Gasteiger partial charge on any atom is 0.160 e. The van der Waals surface area contributed by atoms with Crippen molar-refractivity contribution < 1.29 is 19.2 Å². The van der Waals surface area contributed by atoms with E-state index in [1.165, 1.54) is 0 Å². The highest BCUT2D eigenvalue weighted by Gasteiger charge is 2.58. The Morgan fingerprint density at radius 2 is 1.71 bits per heavy atom. The highest BCUT2D eigenvalue weighted by atomic mass is 16.2. The Kier molecular flexibility index (Phi) is 3.97. The summed E-state index contributed by atoms with van der Waals surface area (Å²) in [5, 5.41) is 0. The minimum absolute atomic E-state index is 0.0468. The maximum absolute atomic E-state index is 12.5. The van der Waals surface area contributed by atoms with E-state index in [0.717, 1.165) is 35.1 Å². The van der Waals surface area contributed by atoms with Gasteiger partial charge in [-0.25, -0.2) is 0 Å². The van der Waals surface area contributed by atoms with E-state index < -0.39 is 11.3 Å². The fourth-order valence-corrected chi connectivity index (χ4v) is 5.37. The molecular weight excluding hydrogens is 304 g/mol. The van der Waals surface area contributed by atoms with Crippen LogP contribution in [0.15, 0.2) is 22.3 Å². The van der Waals surface area contributed by atoms with Crippen LogP contribution in [-0.4, -0.2) is 23.1 Å². The van der Waals surface area contributed by atoms with E-state index >= 15 is 0 Å². The van der Waals surface area contributed by atoms with Gasteiger partial charge < -0.3 is 0 Å². The highest BCUT2D eigenvalue weighted by molar-refractivity contribution is 6.21. The molecule has 24 heavy (non-hydrogen) atoms. The molecule has 4 nitrogen and oxygen atoms in total. The molecule has 2 fully saturated rings. The van der Waals surface area contributed by atoms with Crippen LogP contribution in [0.3, 0.4) is 0 Å². The molecule has 0 amide bonds. The predicted octanol–water partition coefficient (Wildman–Crippen LogP) is 3.15. The fraction of sp³-hybridized carbons (Fsp3) is 0.600. The molecule has 0 saturated heterocycles. The van der Waals surface area contributed by atoms with E-state index in [1.807, 2.05) is 13.8 Å². The fourth-order valence-electron chi connectivity index (χ4n) is 5.37. The summed E-state index contributed by atoms with van der Waals surface area (Å²) in [7, 11) is 0. The van der Waals surface area contributed by atoms with Gasteiger partial charge in [-0.3, -0.25) is 19.2 Å². The number of ketones is 4. The molecule has 0 aromatic rings. The van der Waals surface area contributed by atoms with Gasteiger partial charge in [0.2, 0.25) is 0 Å². The third kappa shape index (κ3) is 2.27. The number of carbonyl (C=O) groups excluding carboxylic acids is 4. The molecule has 0 aromatic carbocycles. The van der Waals surface area contributed by atoms with Crippen molar-refractivity contribution in [3.05, 3.63) is 22.3 Å². The van der Waals surface area contributed by atoms with Crippen LogP contribution in [-0.2, 0) is 19.2 Å². The van der Waals surface area contributed by atoms with Crippen LogP contribution in [0.4, 0.5) is 0 Å². The first-order valence-corrected chi connectivity index (χ1v) is 8.72. The monoisotopic (exact) mass is 328 g/mol. The van der Waals surface area contributed by atoms with Crippen molar-refractivity contribution in [2.24, 2.45) is 17.3 Å². The van der Waals surface area contributed by atoms with Gasteiger partial charge in [-0.05, 0) is 45.1 Å². The number of carbonyl (C=O) groups is 4. The zero-order valence-electron chi connectivity index (χ0n) is 14.8. The number of fused-ring (bicyclic) bond motifs is 2. The summed E-state index contributed by atoms with van der Waals surface area (Å²) >= 11 is 0. The topological polar surface area (TPSA) is 68.3 Å². The third-order valence-corrected chi connectivity index (χ3v) is 6.07. The molecule has 0 radical (unpaired) electrons. The normalized spacial score (nSPS) is 32.8. The minimum Gasteiger partial charge on any atom is -0.298 e. The van der Waals surface area contributed by atoms with E-state index in [0.29, 0.717) is 5.92 Å². The molecular formula is C20H24O4. The Labute approximate surface area is 142 Å². The Bertz CT molecular complexity index is 717. The molecule has 0 heterocycles. The van der Waals surface area contributed by atoms with Crippen LogP contribution in [0.2, 0.25) is 0 Å². The van der Waals surface area contributed by atoms with Crippen LogP contribution in [0.5, 0.6) is 0 Å². The van der Waals surface area contributed by atoms with Gasteiger partial charge in [0, 0.05) is 30.3 Å². The van der Waals surface area contributed by atoms with Crippen molar-refractivity contribution in [2.45, 2.75) is 59.8 Å². The molecule has 2 saturated carbocycles. The lowest BCUT2D eigenvalue weighted by atomic mass is 9.47. The third-order valence-electron chi connectivity index (χ3n) is 6.07. The quantitative estimate of drug-likeness (QED) is 0.746. The Balaban J connectivity index is 1.98. The van der Waals surface area contributed by atoms with E-state index in [9.17, 15) is 19.2 Å². The number of Topliss-reactive ketones (excluding diaryl/α,β-unsaturated/α-hetero) is 4. The first-order chi connectivity index (χ1) is 11.2. The molecule has 0 bridgehead atoms. The lowest BCUT2D eigenvalue weighted by Crippen LogP contribution is -2.52. The van der Waals surface area contributed by atoms with E-state index in [2.05, 4.69) is 0 Å². The number of rotatable bonds is 3. The largest absolute Gasteiger partial charge is 0.298 e. The van der Waals surface area contributed by atoms with Gasteiger partial charge in [0.1, 0.15) is 5.92 Å². The minimum atomic E-state index is -1.05. The summed E-state index contributed by atoms with van der Waals surface area (Å²) in [6.07, 6.45) is 2.40. The Morgan fingerprint density at radius 3 is 2.21 bits per heavy atom. The van der Waals surface area contributed by atoms with Crippen LogP contribution in [0.25, 0.3) is 0 Å².